The van der Waals surface area contributed by atoms with Crippen molar-refractivity contribution in [3.8, 4) is 22.5 Å². The van der Waals surface area contributed by atoms with Crippen LogP contribution in [0.4, 0.5) is 11.9 Å². The first-order chi connectivity index (χ1) is 14.2. The molecule has 5 aromatic rings. The molecule has 2 N–H and O–H groups in total. The maximum Gasteiger partial charge on any atom is 0.230 e. The fourth-order valence-electron chi connectivity index (χ4n) is 3.25. The lowest BCUT2D eigenvalue weighted by molar-refractivity contribution is 1.15. The maximum absolute atomic E-state index is 4.74. The van der Waals surface area contributed by atoms with Crippen LogP contribution >= 0.6 is 0 Å². The van der Waals surface area contributed by atoms with E-state index in [0.29, 0.717) is 11.9 Å². The molecule has 0 atom stereocenters. The Hall–Kier alpha value is -3.99. The van der Waals surface area contributed by atoms with Crippen molar-refractivity contribution in [2.45, 2.75) is 6.92 Å². The van der Waals surface area contributed by atoms with Gasteiger partial charge >= 0.3 is 0 Å². The molecule has 0 saturated heterocycles. The van der Waals surface area contributed by atoms with Crippen LogP contribution < -0.4 is 5.32 Å². The average molecular weight is 377 g/mol. The first kappa shape index (κ1) is 17.1. The number of nitrogens with one attached hydrogen (secondary N) is 2. The maximum atomic E-state index is 4.74. The molecule has 0 saturated carbocycles. The summed E-state index contributed by atoms with van der Waals surface area (Å²) in [7, 11) is 0. The molecule has 0 aliphatic carbocycles. The summed E-state index contributed by atoms with van der Waals surface area (Å²) in [6.45, 7) is 2.08. The second-order valence-corrected chi connectivity index (χ2v) is 6.92. The predicted molar refractivity (Wildman–Crippen MR) is 117 cm³/mol. The molecule has 0 bridgehead atoms. The Kier molecular flexibility index (Phi) is 4.26. The molecule has 0 spiro atoms. The smallest absolute Gasteiger partial charge is 0.230 e. The Balaban J connectivity index is 1.59. The minimum atomic E-state index is 0.501. The molecule has 0 unspecified atom stereocenters. The number of fused-ring (bicyclic) bond motifs is 1. The zero-order chi connectivity index (χ0) is 19.6. The number of hydrogen-bond acceptors (Lipinski definition) is 4. The van der Waals surface area contributed by atoms with Gasteiger partial charge in [-0.1, -0.05) is 72.3 Å². The number of nitrogens with zero attached hydrogens (tertiary/aromatic N) is 3. The topological polar surface area (TPSA) is 66.5 Å². The van der Waals surface area contributed by atoms with Gasteiger partial charge in [-0.2, -0.15) is 0 Å². The van der Waals surface area contributed by atoms with E-state index in [9.17, 15) is 0 Å². The Bertz CT molecular complexity index is 1240. The van der Waals surface area contributed by atoms with Crippen molar-refractivity contribution in [2.24, 2.45) is 0 Å². The summed E-state index contributed by atoms with van der Waals surface area (Å²) in [5.74, 6) is 1.12. The van der Waals surface area contributed by atoms with Gasteiger partial charge in [0.05, 0.1) is 22.4 Å². The molecule has 3 aromatic carbocycles. The van der Waals surface area contributed by atoms with Gasteiger partial charge < -0.3 is 4.98 Å². The van der Waals surface area contributed by atoms with Crippen LogP contribution in [0.5, 0.6) is 0 Å². The molecule has 0 aliphatic heterocycles. The van der Waals surface area contributed by atoms with E-state index < -0.39 is 0 Å². The van der Waals surface area contributed by atoms with E-state index in [1.54, 1.807) is 0 Å². The Morgan fingerprint density at radius 1 is 0.690 bits per heavy atom. The molecule has 29 heavy (non-hydrogen) atoms. The molecule has 5 rings (SSSR count). The van der Waals surface area contributed by atoms with Crippen molar-refractivity contribution in [1.82, 2.24) is 19.9 Å². The van der Waals surface area contributed by atoms with E-state index in [1.807, 2.05) is 60.7 Å². The van der Waals surface area contributed by atoms with E-state index in [4.69, 9.17) is 9.97 Å². The number of aryl methyl sites for hydroxylation is 1. The van der Waals surface area contributed by atoms with Crippen molar-refractivity contribution >= 4 is 22.9 Å². The van der Waals surface area contributed by atoms with Crippen LogP contribution in [0.2, 0.25) is 0 Å². The van der Waals surface area contributed by atoms with Crippen molar-refractivity contribution in [2.75, 3.05) is 5.32 Å². The SMILES string of the molecule is Cc1ccc(-c2cc(-c3ccccc3)nc(Nc3nc4ccccc4[nH]3)n2)cc1. The standard InChI is InChI=1S/C24H19N5/c1-16-11-13-18(14-12-16)22-15-21(17-7-3-2-4-8-17)27-24(28-22)29-23-25-19-9-5-6-10-20(19)26-23/h2-15H,1H3,(H2,25,26,27,28,29). The van der Waals surface area contributed by atoms with Crippen LogP contribution in [0.15, 0.2) is 84.9 Å². The van der Waals surface area contributed by atoms with Gasteiger partial charge in [-0.25, -0.2) is 15.0 Å². The predicted octanol–water partition coefficient (Wildman–Crippen LogP) is 5.74. The van der Waals surface area contributed by atoms with Gasteiger partial charge in [0.2, 0.25) is 11.9 Å². The summed E-state index contributed by atoms with van der Waals surface area (Å²) in [5, 5.41) is 3.24. The molecule has 0 aliphatic rings. The third-order valence-corrected chi connectivity index (χ3v) is 4.76. The first-order valence-electron chi connectivity index (χ1n) is 9.48. The van der Waals surface area contributed by atoms with Gasteiger partial charge in [0, 0.05) is 11.1 Å². The number of aromatic amines is 1. The quantitative estimate of drug-likeness (QED) is 0.419. The first-order valence-corrected chi connectivity index (χ1v) is 9.48. The van der Waals surface area contributed by atoms with Crippen LogP contribution in [0.1, 0.15) is 5.56 Å². The third-order valence-electron chi connectivity index (χ3n) is 4.76. The molecular weight excluding hydrogens is 358 g/mol. The number of anilines is 2. The van der Waals surface area contributed by atoms with Gasteiger partial charge in [-0.15, -0.1) is 0 Å². The molecule has 0 fully saturated rings. The van der Waals surface area contributed by atoms with E-state index in [-0.39, 0.29) is 0 Å². The molecule has 5 nitrogen and oxygen atoms in total. The monoisotopic (exact) mass is 377 g/mol. The minimum absolute atomic E-state index is 0.501. The lowest BCUT2D eigenvalue weighted by Crippen LogP contribution is -2.01. The van der Waals surface area contributed by atoms with Crippen molar-refractivity contribution in [1.29, 1.82) is 0 Å². The summed E-state index contributed by atoms with van der Waals surface area (Å²) >= 11 is 0. The fraction of sp³-hybridized carbons (Fsp3) is 0.0417. The second kappa shape index (κ2) is 7.20. The molecule has 2 aromatic heterocycles. The lowest BCUT2D eigenvalue weighted by Gasteiger charge is -2.09. The van der Waals surface area contributed by atoms with Crippen LogP contribution in [0.25, 0.3) is 33.5 Å². The van der Waals surface area contributed by atoms with Crippen LogP contribution in [-0.2, 0) is 0 Å². The molecule has 0 amide bonds. The fourth-order valence-corrected chi connectivity index (χ4v) is 3.25. The number of rotatable bonds is 4. The van der Waals surface area contributed by atoms with Crippen molar-refractivity contribution in [3.63, 3.8) is 0 Å². The largest absolute Gasteiger partial charge is 0.324 e. The highest BCUT2D eigenvalue weighted by Gasteiger charge is 2.10. The summed E-state index contributed by atoms with van der Waals surface area (Å²) in [6.07, 6.45) is 0. The number of H-pyrrole nitrogens is 1. The lowest BCUT2D eigenvalue weighted by atomic mass is 10.1. The normalized spacial score (nSPS) is 10.9. The van der Waals surface area contributed by atoms with E-state index in [0.717, 1.165) is 33.5 Å². The van der Waals surface area contributed by atoms with Gasteiger partial charge in [0.1, 0.15) is 0 Å². The van der Waals surface area contributed by atoms with Crippen molar-refractivity contribution in [3.05, 3.63) is 90.5 Å². The molecular formula is C24H19N5. The number of imidazole rings is 1. The van der Waals surface area contributed by atoms with Gasteiger partial charge in [-0.05, 0) is 25.1 Å². The van der Waals surface area contributed by atoms with Crippen LogP contribution in [-0.4, -0.2) is 19.9 Å². The number of hydrogen-bond donors (Lipinski definition) is 2. The summed E-state index contributed by atoms with van der Waals surface area (Å²) < 4.78 is 0. The zero-order valence-electron chi connectivity index (χ0n) is 15.9. The van der Waals surface area contributed by atoms with E-state index in [1.165, 1.54) is 5.56 Å². The Morgan fingerprint density at radius 2 is 1.34 bits per heavy atom. The van der Waals surface area contributed by atoms with Gasteiger partial charge in [0.15, 0.2) is 0 Å². The van der Waals surface area contributed by atoms with Gasteiger partial charge in [0.25, 0.3) is 0 Å². The van der Waals surface area contributed by atoms with Crippen LogP contribution in [0.3, 0.4) is 0 Å². The zero-order valence-corrected chi connectivity index (χ0v) is 15.9. The number of aromatic nitrogens is 4. The van der Waals surface area contributed by atoms with E-state index >= 15 is 0 Å². The minimum Gasteiger partial charge on any atom is -0.324 e. The highest BCUT2D eigenvalue weighted by molar-refractivity contribution is 5.78. The number of benzene rings is 3. The summed E-state index contributed by atoms with van der Waals surface area (Å²) in [6, 6.07) is 28.4. The summed E-state index contributed by atoms with van der Waals surface area (Å²) in [5.41, 5.74) is 6.87. The Labute approximate surface area is 168 Å². The highest BCUT2D eigenvalue weighted by atomic mass is 15.2. The number of para-hydroxylation sites is 2. The molecule has 5 heteroatoms. The summed E-state index contributed by atoms with van der Waals surface area (Å²) in [4.78, 5) is 17.3. The van der Waals surface area contributed by atoms with Crippen molar-refractivity contribution < 1.29 is 0 Å². The van der Waals surface area contributed by atoms with E-state index in [2.05, 4.69) is 46.5 Å². The third kappa shape index (κ3) is 3.58. The molecule has 2 heterocycles. The molecule has 140 valence electrons. The molecule has 0 radical (unpaired) electrons. The van der Waals surface area contributed by atoms with Crippen LogP contribution in [0, 0.1) is 6.92 Å². The Morgan fingerprint density at radius 3 is 2.07 bits per heavy atom. The van der Waals surface area contributed by atoms with Gasteiger partial charge in [-0.3, -0.25) is 5.32 Å². The average Bonchev–Trinajstić information content (AvgIpc) is 3.17. The second-order valence-electron chi connectivity index (χ2n) is 6.92. The highest BCUT2D eigenvalue weighted by Crippen LogP contribution is 2.26.